The molecule has 0 N–H and O–H groups in total. The minimum Gasteiger partial charge on any atom is -0.493 e. The molecule has 0 atom stereocenters. The number of methoxy groups -OCH3 is 2. The van der Waals surface area contributed by atoms with Crippen molar-refractivity contribution in [1.29, 1.82) is 0 Å². The largest absolute Gasteiger partial charge is 0.493 e. The Balaban J connectivity index is 1.80. The average molecular weight is 432 g/mol. The average Bonchev–Trinajstić information content (AvgIpc) is 2.77. The van der Waals surface area contributed by atoms with Crippen LogP contribution in [0.5, 0.6) is 11.5 Å². The monoisotopic (exact) mass is 432 g/mol. The number of ether oxygens (including phenoxy) is 3. The van der Waals surface area contributed by atoms with E-state index in [-0.39, 0.29) is 16.5 Å². The van der Waals surface area contributed by atoms with E-state index in [1.54, 1.807) is 29.2 Å². The molecular weight excluding hydrogens is 408 g/mol. The molecule has 2 aliphatic rings. The van der Waals surface area contributed by atoms with E-state index in [9.17, 15) is 13.2 Å². The highest BCUT2D eigenvalue weighted by atomic mass is 32.2. The van der Waals surface area contributed by atoms with Gasteiger partial charge in [0.2, 0.25) is 0 Å². The molecule has 0 radical (unpaired) electrons. The van der Waals surface area contributed by atoms with Gasteiger partial charge < -0.3 is 14.2 Å². The zero-order valence-electron chi connectivity index (χ0n) is 16.9. The highest BCUT2D eigenvalue weighted by Crippen LogP contribution is 2.40. The first kappa shape index (κ1) is 20.5. The van der Waals surface area contributed by atoms with E-state index >= 15 is 0 Å². The molecular formula is C21H24N2O6S. The molecule has 2 heterocycles. The highest BCUT2D eigenvalue weighted by molar-refractivity contribution is 7.94. The molecule has 0 spiro atoms. The summed E-state index contributed by atoms with van der Waals surface area (Å²) in [4.78, 5) is 15.2. The van der Waals surface area contributed by atoms with Crippen molar-refractivity contribution >= 4 is 27.4 Å². The van der Waals surface area contributed by atoms with Crippen molar-refractivity contribution in [3.8, 4) is 11.5 Å². The van der Waals surface area contributed by atoms with Crippen LogP contribution in [0.3, 0.4) is 0 Å². The number of nitrogens with zero attached hydrogens (tertiary/aromatic N) is 2. The molecule has 160 valence electrons. The Hall–Kier alpha value is -2.78. The van der Waals surface area contributed by atoms with Crippen LogP contribution in [0.25, 0.3) is 0 Å². The number of para-hydroxylation sites is 1. The van der Waals surface area contributed by atoms with Crippen LogP contribution < -0.4 is 18.7 Å². The maximum Gasteiger partial charge on any atom is 0.343 e. The number of fused-ring (bicyclic) bond motifs is 1. The summed E-state index contributed by atoms with van der Waals surface area (Å²) in [5.74, 6) is 1.03. The Kier molecular flexibility index (Phi) is 5.57. The molecule has 0 aliphatic carbocycles. The molecule has 0 unspecified atom stereocenters. The van der Waals surface area contributed by atoms with Gasteiger partial charge in [-0.3, -0.25) is 4.90 Å². The Morgan fingerprint density at radius 1 is 1.03 bits per heavy atom. The molecule has 0 aromatic heterocycles. The van der Waals surface area contributed by atoms with E-state index in [0.717, 1.165) is 17.1 Å². The lowest BCUT2D eigenvalue weighted by Gasteiger charge is -2.38. The van der Waals surface area contributed by atoms with Crippen molar-refractivity contribution in [3.05, 3.63) is 42.5 Å². The molecule has 2 aromatic carbocycles. The van der Waals surface area contributed by atoms with Gasteiger partial charge in [0.1, 0.15) is 4.90 Å². The Labute approximate surface area is 176 Å². The third-order valence-corrected chi connectivity index (χ3v) is 7.21. The van der Waals surface area contributed by atoms with Crippen molar-refractivity contribution in [3.63, 3.8) is 0 Å². The summed E-state index contributed by atoms with van der Waals surface area (Å²) >= 11 is 0. The smallest absolute Gasteiger partial charge is 0.343 e. The van der Waals surface area contributed by atoms with E-state index in [4.69, 9.17) is 14.2 Å². The number of hydrogen-bond acceptors (Lipinski definition) is 6. The van der Waals surface area contributed by atoms with Gasteiger partial charge in [-0.15, -0.1) is 0 Å². The van der Waals surface area contributed by atoms with Crippen LogP contribution in [0.4, 0.5) is 16.2 Å². The van der Waals surface area contributed by atoms with Gasteiger partial charge in [0, 0.05) is 25.8 Å². The van der Waals surface area contributed by atoms with Gasteiger partial charge in [-0.05, 0) is 43.0 Å². The molecule has 2 aromatic rings. The SMILES string of the molecule is COc1ccc(N2C(=O)N(CC3CCOCC3)c3ccccc3S2(=O)=O)cc1OC. The molecule has 4 rings (SSSR count). The minimum absolute atomic E-state index is 0.103. The summed E-state index contributed by atoms with van der Waals surface area (Å²) in [5, 5.41) is 0. The molecule has 30 heavy (non-hydrogen) atoms. The number of amides is 2. The van der Waals surface area contributed by atoms with E-state index in [1.807, 2.05) is 0 Å². The normalized spacial score (nSPS) is 18.8. The topological polar surface area (TPSA) is 85.4 Å². The molecule has 9 heteroatoms. The number of hydrogen-bond donors (Lipinski definition) is 0. The number of carbonyl (C=O) groups excluding carboxylic acids is 1. The summed E-state index contributed by atoms with van der Waals surface area (Å²) in [5.41, 5.74) is 0.606. The standard InChI is InChI=1S/C21H24N2O6S/c1-27-18-8-7-16(13-19(18)28-2)23-21(24)22(14-15-9-11-29-12-10-15)17-5-3-4-6-20(17)30(23,25)26/h3-8,13,15H,9-12,14H2,1-2H3. The number of benzene rings is 2. The predicted octanol–water partition coefficient (Wildman–Crippen LogP) is 3.27. The van der Waals surface area contributed by atoms with Crippen molar-refractivity contribution in [2.24, 2.45) is 5.92 Å². The second kappa shape index (κ2) is 8.16. The predicted molar refractivity (Wildman–Crippen MR) is 112 cm³/mol. The molecule has 1 saturated heterocycles. The number of rotatable bonds is 5. The lowest BCUT2D eigenvalue weighted by atomic mass is 9.99. The van der Waals surface area contributed by atoms with E-state index in [2.05, 4.69) is 0 Å². The van der Waals surface area contributed by atoms with Gasteiger partial charge in [0.25, 0.3) is 10.0 Å². The van der Waals surface area contributed by atoms with Crippen LogP contribution in [0.2, 0.25) is 0 Å². The molecule has 2 amide bonds. The highest BCUT2D eigenvalue weighted by Gasteiger charge is 2.43. The van der Waals surface area contributed by atoms with Gasteiger partial charge in [0.05, 0.1) is 25.6 Å². The zero-order valence-corrected chi connectivity index (χ0v) is 17.7. The summed E-state index contributed by atoms with van der Waals surface area (Å²) < 4.78 is 43.6. The van der Waals surface area contributed by atoms with Crippen molar-refractivity contribution in [2.45, 2.75) is 17.7 Å². The molecule has 2 aliphatic heterocycles. The van der Waals surface area contributed by atoms with Crippen LogP contribution in [-0.4, -0.2) is 48.4 Å². The third-order valence-electron chi connectivity index (χ3n) is 5.46. The number of urea groups is 1. The van der Waals surface area contributed by atoms with Crippen molar-refractivity contribution in [1.82, 2.24) is 0 Å². The Morgan fingerprint density at radius 3 is 2.43 bits per heavy atom. The molecule has 0 saturated carbocycles. The van der Waals surface area contributed by atoms with E-state index < -0.39 is 16.1 Å². The second-order valence-electron chi connectivity index (χ2n) is 7.23. The van der Waals surface area contributed by atoms with Crippen LogP contribution in [0.1, 0.15) is 12.8 Å². The fourth-order valence-electron chi connectivity index (χ4n) is 3.88. The van der Waals surface area contributed by atoms with Gasteiger partial charge in [0.15, 0.2) is 11.5 Å². The third kappa shape index (κ3) is 3.48. The summed E-state index contributed by atoms with van der Waals surface area (Å²) in [6.45, 7) is 1.72. The van der Waals surface area contributed by atoms with Gasteiger partial charge >= 0.3 is 6.03 Å². The zero-order chi connectivity index (χ0) is 21.3. The van der Waals surface area contributed by atoms with Crippen LogP contribution in [-0.2, 0) is 14.8 Å². The molecule has 8 nitrogen and oxygen atoms in total. The molecule has 1 fully saturated rings. The second-order valence-corrected chi connectivity index (χ2v) is 8.98. The number of sulfonamides is 1. The Morgan fingerprint density at radius 2 is 1.73 bits per heavy atom. The van der Waals surface area contributed by atoms with Gasteiger partial charge in [-0.1, -0.05) is 12.1 Å². The van der Waals surface area contributed by atoms with E-state index in [0.29, 0.717) is 36.9 Å². The maximum atomic E-state index is 13.5. The quantitative estimate of drug-likeness (QED) is 0.721. The lowest BCUT2D eigenvalue weighted by molar-refractivity contribution is 0.0685. The van der Waals surface area contributed by atoms with Crippen LogP contribution in [0.15, 0.2) is 47.4 Å². The Bertz CT molecular complexity index is 1050. The first-order valence-electron chi connectivity index (χ1n) is 9.73. The summed E-state index contributed by atoms with van der Waals surface area (Å²) in [6, 6.07) is 10.6. The van der Waals surface area contributed by atoms with E-state index in [1.165, 1.54) is 32.4 Å². The summed E-state index contributed by atoms with van der Waals surface area (Å²) in [6.07, 6.45) is 1.66. The maximum absolute atomic E-state index is 13.5. The van der Waals surface area contributed by atoms with Gasteiger partial charge in [-0.2, -0.15) is 4.31 Å². The minimum atomic E-state index is -4.08. The molecule has 0 bridgehead atoms. The fourth-order valence-corrected chi connectivity index (χ4v) is 5.46. The fraction of sp³-hybridized carbons (Fsp3) is 0.381. The number of anilines is 2. The first-order valence-corrected chi connectivity index (χ1v) is 11.2. The lowest BCUT2D eigenvalue weighted by Crippen LogP contribution is -2.52. The van der Waals surface area contributed by atoms with Crippen LogP contribution >= 0.6 is 0 Å². The summed E-state index contributed by atoms with van der Waals surface area (Å²) in [7, 11) is -1.13. The number of carbonyl (C=O) groups is 1. The van der Waals surface area contributed by atoms with Crippen LogP contribution in [0, 0.1) is 5.92 Å². The van der Waals surface area contributed by atoms with Crippen molar-refractivity contribution in [2.75, 3.05) is 43.2 Å². The van der Waals surface area contributed by atoms with Crippen molar-refractivity contribution < 1.29 is 27.4 Å². The van der Waals surface area contributed by atoms with Gasteiger partial charge in [-0.25, -0.2) is 13.2 Å². The first-order chi connectivity index (χ1) is 14.5.